The topological polar surface area (TPSA) is 69.0 Å². The second-order valence-corrected chi connectivity index (χ2v) is 8.47. The average Bonchev–Trinajstić information content (AvgIpc) is 3.22. The molecule has 0 saturated heterocycles. The molecule has 0 aliphatic heterocycles. The fourth-order valence-corrected chi connectivity index (χ4v) is 3.86. The Bertz CT molecular complexity index is 1090. The highest BCUT2D eigenvalue weighted by Gasteiger charge is 2.27. The van der Waals surface area contributed by atoms with Crippen molar-refractivity contribution in [1.82, 2.24) is 14.8 Å². The quantitative estimate of drug-likeness (QED) is 0.460. The van der Waals surface area contributed by atoms with Gasteiger partial charge >= 0.3 is 0 Å². The van der Waals surface area contributed by atoms with Gasteiger partial charge in [-0.1, -0.05) is 45.6 Å². The van der Waals surface area contributed by atoms with E-state index in [0.717, 1.165) is 30.7 Å². The van der Waals surface area contributed by atoms with Crippen molar-refractivity contribution < 1.29 is 18.3 Å². The van der Waals surface area contributed by atoms with Crippen LogP contribution in [0.1, 0.15) is 81.5 Å². The van der Waals surface area contributed by atoms with Crippen molar-refractivity contribution in [2.45, 2.75) is 71.3 Å². The summed E-state index contributed by atoms with van der Waals surface area (Å²) in [6, 6.07) is 7.94. The second-order valence-electron chi connectivity index (χ2n) is 8.47. The van der Waals surface area contributed by atoms with Crippen LogP contribution in [0.2, 0.25) is 0 Å². The minimum absolute atomic E-state index is 0.0888. The lowest BCUT2D eigenvalue weighted by atomic mass is 9.96. The summed E-state index contributed by atoms with van der Waals surface area (Å²) in [6.45, 7) is 5.00. The van der Waals surface area contributed by atoms with Gasteiger partial charge in [-0.3, -0.25) is 9.48 Å². The van der Waals surface area contributed by atoms with Gasteiger partial charge in [-0.2, -0.15) is 13.9 Å². The summed E-state index contributed by atoms with van der Waals surface area (Å²) in [7, 11) is 1.51. The number of methoxy groups -OCH3 is 1. The van der Waals surface area contributed by atoms with Gasteiger partial charge in [0.05, 0.1) is 24.4 Å². The fraction of sp³-hybridized carbons (Fsp3) is 0.480. The first-order valence-electron chi connectivity index (χ1n) is 11.5. The molecule has 3 aromatic rings. The Hall–Kier alpha value is -3.03. The number of aromatic nitrogens is 3. The average molecular weight is 459 g/mol. The summed E-state index contributed by atoms with van der Waals surface area (Å²) in [6.07, 6.45) is 9.12. The lowest BCUT2D eigenvalue weighted by Crippen LogP contribution is -2.17. The standard InChI is InChI=1S/C22H24F2N4O2.C3H8/c1-22(23,24)20-10-6-9-16(25-20)21(29)26-18-11-14-13-28(15-7-4-3-5-8-15)27-17(14)12-19(18)30-2;1-3-2/h6,9-13,15H,3-5,7-8H2,1-2H3,(H,26,29);3H2,1-2H3. The largest absolute Gasteiger partial charge is 0.494 e. The predicted octanol–water partition coefficient (Wildman–Crippen LogP) is 6.73. The van der Waals surface area contributed by atoms with Crippen LogP contribution in [-0.4, -0.2) is 27.8 Å². The Morgan fingerprint density at radius 2 is 1.91 bits per heavy atom. The van der Waals surface area contributed by atoms with Gasteiger partial charge in [0.1, 0.15) is 17.1 Å². The maximum Gasteiger partial charge on any atom is 0.287 e. The molecule has 1 fully saturated rings. The van der Waals surface area contributed by atoms with Crippen LogP contribution in [0.25, 0.3) is 10.9 Å². The highest BCUT2D eigenvalue weighted by atomic mass is 19.3. The molecular weight excluding hydrogens is 426 g/mol. The molecule has 1 N–H and O–H groups in total. The summed E-state index contributed by atoms with van der Waals surface area (Å²) in [5.74, 6) is -3.26. The molecule has 8 heteroatoms. The number of nitrogens with zero attached hydrogens (tertiary/aromatic N) is 3. The van der Waals surface area contributed by atoms with Gasteiger partial charge in [0.25, 0.3) is 11.8 Å². The zero-order valence-corrected chi connectivity index (χ0v) is 19.7. The van der Waals surface area contributed by atoms with Crippen LogP contribution < -0.4 is 10.1 Å². The smallest absolute Gasteiger partial charge is 0.287 e. The SMILES string of the molecule is CCC.COc1cc2nn(C3CCCCC3)cc2cc1NC(=O)c1cccc(C(C)(F)F)n1. The van der Waals surface area contributed by atoms with Crippen LogP contribution in [-0.2, 0) is 5.92 Å². The number of rotatable bonds is 5. The number of carbonyl (C=O) groups is 1. The van der Waals surface area contributed by atoms with E-state index in [9.17, 15) is 13.6 Å². The van der Waals surface area contributed by atoms with Gasteiger partial charge in [0, 0.05) is 24.6 Å². The van der Waals surface area contributed by atoms with Crippen molar-refractivity contribution in [2.24, 2.45) is 0 Å². The summed E-state index contributed by atoms with van der Waals surface area (Å²) >= 11 is 0. The molecule has 2 aromatic heterocycles. The molecule has 4 rings (SSSR count). The molecular formula is C25H32F2N4O2. The molecule has 6 nitrogen and oxygen atoms in total. The number of nitrogens with one attached hydrogen (secondary N) is 1. The Morgan fingerprint density at radius 3 is 2.55 bits per heavy atom. The number of halogens is 2. The van der Waals surface area contributed by atoms with E-state index < -0.39 is 17.5 Å². The minimum Gasteiger partial charge on any atom is -0.494 e. The first-order valence-corrected chi connectivity index (χ1v) is 11.5. The van der Waals surface area contributed by atoms with Gasteiger partial charge in [0.15, 0.2) is 0 Å². The number of ether oxygens (including phenoxy) is 1. The van der Waals surface area contributed by atoms with Crippen LogP contribution in [0.5, 0.6) is 5.75 Å². The molecule has 2 heterocycles. The lowest BCUT2D eigenvalue weighted by molar-refractivity contribution is 0.0126. The summed E-state index contributed by atoms with van der Waals surface area (Å²) in [4.78, 5) is 16.5. The zero-order valence-electron chi connectivity index (χ0n) is 19.7. The molecule has 33 heavy (non-hydrogen) atoms. The van der Waals surface area contributed by atoms with Crippen molar-refractivity contribution in [3.63, 3.8) is 0 Å². The van der Waals surface area contributed by atoms with E-state index in [1.807, 2.05) is 10.9 Å². The summed E-state index contributed by atoms with van der Waals surface area (Å²) < 4.78 is 34.5. The maximum absolute atomic E-state index is 13.6. The molecule has 178 valence electrons. The lowest BCUT2D eigenvalue weighted by Gasteiger charge is -2.21. The van der Waals surface area contributed by atoms with E-state index >= 15 is 0 Å². The van der Waals surface area contributed by atoms with Gasteiger partial charge < -0.3 is 10.1 Å². The third kappa shape index (κ3) is 6.06. The molecule has 1 saturated carbocycles. The van der Waals surface area contributed by atoms with E-state index in [4.69, 9.17) is 9.84 Å². The highest BCUT2D eigenvalue weighted by Crippen LogP contribution is 2.33. The van der Waals surface area contributed by atoms with Crippen LogP contribution in [0, 0.1) is 0 Å². The van der Waals surface area contributed by atoms with Crippen LogP contribution in [0.15, 0.2) is 36.5 Å². The fourth-order valence-electron chi connectivity index (χ4n) is 3.86. The maximum atomic E-state index is 13.6. The zero-order chi connectivity index (χ0) is 24.0. The van der Waals surface area contributed by atoms with Gasteiger partial charge in [-0.05, 0) is 31.0 Å². The predicted molar refractivity (Wildman–Crippen MR) is 126 cm³/mol. The first-order chi connectivity index (χ1) is 15.8. The molecule has 1 aliphatic carbocycles. The van der Waals surface area contributed by atoms with Crippen LogP contribution in [0.4, 0.5) is 14.5 Å². The number of alkyl halides is 2. The molecule has 0 spiro atoms. The molecule has 1 aromatic carbocycles. The Balaban J connectivity index is 0.000000968. The second kappa shape index (κ2) is 10.7. The number of amides is 1. The van der Waals surface area contributed by atoms with Crippen molar-refractivity contribution >= 4 is 22.5 Å². The number of fused-ring (bicyclic) bond motifs is 1. The van der Waals surface area contributed by atoms with Crippen molar-refractivity contribution in [3.05, 3.63) is 47.9 Å². The summed E-state index contributed by atoms with van der Waals surface area (Å²) in [5.41, 5.74) is 0.676. The number of benzene rings is 1. The molecule has 1 amide bonds. The molecule has 0 radical (unpaired) electrons. The van der Waals surface area contributed by atoms with E-state index in [-0.39, 0.29) is 5.69 Å². The number of pyridine rings is 1. The third-order valence-corrected chi connectivity index (χ3v) is 5.47. The van der Waals surface area contributed by atoms with Gasteiger partial charge in [-0.15, -0.1) is 0 Å². The monoisotopic (exact) mass is 458 g/mol. The molecule has 0 bridgehead atoms. The highest BCUT2D eigenvalue weighted by molar-refractivity contribution is 6.05. The van der Waals surface area contributed by atoms with E-state index in [1.165, 1.54) is 51.0 Å². The molecule has 1 aliphatic rings. The number of anilines is 1. The summed E-state index contributed by atoms with van der Waals surface area (Å²) in [5, 5.41) is 8.29. The van der Waals surface area contributed by atoms with E-state index in [2.05, 4.69) is 24.1 Å². The van der Waals surface area contributed by atoms with Crippen molar-refractivity contribution in [1.29, 1.82) is 0 Å². The molecule has 0 unspecified atom stereocenters. The Labute approximate surface area is 193 Å². The van der Waals surface area contributed by atoms with E-state index in [1.54, 1.807) is 12.1 Å². The van der Waals surface area contributed by atoms with Crippen LogP contribution in [0.3, 0.4) is 0 Å². The minimum atomic E-state index is -3.12. The number of hydrogen-bond acceptors (Lipinski definition) is 4. The molecule has 0 atom stereocenters. The third-order valence-electron chi connectivity index (χ3n) is 5.47. The van der Waals surface area contributed by atoms with Crippen molar-refractivity contribution in [3.8, 4) is 5.75 Å². The number of hydrogen-bond donors (Lipinski definition) is 1. The van der Waals surface area contributed by atoms with E-state index in [0.29, 0.717) is 17.5 Å². The van der Waals surface area contributed by atoms with Crippen molar-refractivity contribution in [2.75, 3.05) is 12.4 Å². The van der Waals surface area contributed by atoms with Crippen LogP contribution >= 0.6 is 0 Å². The normalized spacial score (nSPS) is 14.5. The van der Waals surface area contributed by atoms with Gasteiger partial charge in [0.2, 0.25) is 0 Å². The first kappa shape index (κ1) is 24.6. The van der Waals surface area contributed by atoms with Gasteiger partial charge in [-0.25, -0.2) is 4.98 Å². The number of carbonyl (C=O) groups excluding carboxylic acids is 1. The Morgan fingerprint density at radius 1 is 1.21 bits per heavy atom. The Kier molecular flexibility index (Phi) is 8.00.